The predicted octanol–water partition coefficient (Wildman–Crippen LogP) is 4.69. The van der Waals surface area contributed by atoms with Gasteiger partial charge in [-0.1, -0.05) is 18.5 Å². The van der Waals surface area contributed by atoms with Gasteiger partial charge in [0.25, 0.3) is 0 Å². The number of aryl methyl sites for hydroxylation is 1. The van der Waals surface area contributed by atoms with Crippen molar-refractivity contribution in [2.75, 3.05) is 43.4 Å². The first-order chi connectivity index (χ1) is 14.7. The monoisotopic (exact) mass is 459 g/mol. The molecule has 0 amide bonds. The molecule has 3 aromatic rings. The third-order valence-electron chi connectivity index (χ3n) is 5.93. The zero-order valence-electron chi connectivity index (χ0n) is 17.2. The van der Waals surface area contributed by atoms with Crippen LogP contribution in [-0.2, 0) is 19.4 Å². The SMILES string of the molecule is CCc1cc2c(s1)SCCn1c(CCN3CCN(c4ccc(Cl)cc4)CC3)nnc1-2. The number of halogens is 1. The Morgan fingerprint density at radius 2 is 1.83 bits per heavy atom. The maximum absolute atomic E-state index is 6.02. The molecule has 0 bridgehead atoms. The standard InChI is InChI=1S/C22H26ClN5S2/c1-2-18-15-19-21-25-24-20(28(21)13-14-29-22(19)30-18)7-8-26-9-11-27(12-10-26)17-5-3-16(23)4-6-17/h3-6,15H,2,7-14H2,1H3. The Kier molecular flexibility index (Phi) is 6.05. The minimum absolute atomic E-state index is 0.795. The van der Waals surface area contributed by atoms with E-state index in [1.54, 1.807) is 0 Å². The number of rotatable bonds is 5. The molecule has 0 aliphatic carbocycles. The number of hydrogen-bond donors (Lipinski definition) is 0. The van der Waals surface area contributed by atoms with Crippen LogP contribution in [0.2, 0.25) is 5.02 Å². The second-order valence-electron chi connectivity index (χ2n) is 7.76. The molecule has 0 spiro atoms. The molecule has 8 heteroatoms. The van der Waals surface area contributed by atoms with Crippen LogP contribution < -0.4 is 4.90 Å². The van der Waals surface area contributed by atoms with Crippen LogP contribution in [-0.4, -0.2) is 58.1 Å². The summed E-state index contributed by atoms with van der Waals surface area (Å²) in [5, 5.41) is 9.98. The second kappa shape index (κ2) is 8.91. The molecule has 0 unspecified atom stereocenters. The number of anilines is 1. The average molecular weight is 460 g/mol. The van der Waals surface area contributed by atoms with Crippen LogP contribution in [0, 0.1) is 0 Å². The molecule has 1 aromatic carbocycles. The molecule has 5 rings (SSSR count). The Balaban J connectivity index is 1.22. The Morgan fingerprint density at radius 1 is 1.03 bits per heavy atom. The van der Waals surface area contributed by atoms with Gasteiger partial charge in [0.2, 0.25) is 0 Å². The lowest BCUT2D eigenvalue weighted by Gasteiger charge is -2.36. The maximum Gasteiger partial charge on any atom is 0.165 e. The molecule has 0 radical (unpaired) electrons. The lowest BCUT2D eigenvalue weighted by molar-refractivity contribution is 0.258. The summed E-state index contributed by atoms with van der Waals surface area (Å²) in [4.78, 5) is 6.42. The van der Waals surface area contributed by atoms with Gasteiger partial charge >= 0.3 is 0 Å². The van der Waals surface area contributed by atoms with Crippen molar-refractivity contribution in [3.05, 3.63) is 46.1 Å². The third kappa shape index (κ3) is 4.13. The van der Waals surface area contributed by atoms with Crippen molar-refractivity contribution >= 4 is 40.4 Å². The molecule has 0 atom stereocenters. The number of fused-ring (bicyclic) bond motifs is 3. The molecule has 2 aromatic heterocycles. The highest BCUT2D eigenvalue weighted by molar-refractivity contribution is 8.01. The Bertz CT molecular complexity index is 1010. The fourth-order valence-corrected chi connectivity index (χ4v) is 6.70. The van der Waals surface area contributed by atoms with Crippen LogP contribution >= 0.6 is 34.7 Å². The van der Waals surface area contributed by atoms with Crippen molar-refractivity contribution in [2.45, 2.75) is 30.5 Å². The summed E-state index contributed by atoms with van der Waals surface area (Å²) < 4.78 is 3.76. The first-order valence-corrected chi connectivity index (χ1v) is 12.8. The van der Waals surface area contributed by atoms with Crippen molar-refractivity contribution in [1.82, 2.24) is 19.7 Å². The summed E-state index contributed by atoms with van der Waals surface area (Å²) in [5.41, 5.74) is 2.55. The van der Waals surface area contributed by atoms with Gasteiger partial charge in [-0.15, -0.1) is 33.3 Å². The van der Waals surface area contributed by atoms with Crippen LogP contribution in [0.5, 0.6) is 0 Å². The van der Waals surface area contributed by atoms with Gasteiger partial charge in [-0.05, 0) is 36.8 Å². The van der Waals surface area contributed by atoms with Crippen molar-refractivity contribution < 1.29 is 0 Å². The summed E-state index contributed by atoms with van der Waals surface area (Å²) in [6, 6.07) is 10.5. The number of thioether (sulfide) groups is 1. The van der Waals surface area contributed by atoms with E-state index in [1.165, 1.54) is 20.3 Å². The molecular weight excluding hydrogens is 434 g/mol. The molecule has 158 valence electrons. The smallest absolute Gasteiger partial charge is 0.165 e. The number of nitrogens with zero attached hydrogens (tertiary/aromatic N) is 5. The van der Waals surface area contributed by atoms with E-state index in [2.05, 4.69) is 49.7 Å². The lowest BCUT2D eigenvalue weighted by atomic mass is 10.2. The molecule has 0 saturated carbocycles. The van der Waals surface area contributed by atoms with Gasteiger partial charge < -0.3 is 9.47 Å². The minimum atomic E-state index is 0.795. The largest absolute Gasteiger partial charge is 0.369 e. The van der Waals surface area contributed by atoms with E-state index in [4.69, 9.17) is 11.6 Å². The third-order valence-corrected chi connectivity index (χ3v) is 8.73. The van der Waals surface area contributed by atoms with E-state index >= 15 is 0 Å². The number of hydrogen-bond acceptors (Lipinski definition) is 6. The quantitative estimate of drug-likeness (QED) is 0.553. The van der Waals surface area contributed by atoms with Crippen LogP contribution in [0.3, 0.4) is 0 Å². The maximum atomic E-state index is 6.02. The Morgan fingerprint density at radius 3 is 2.60 bits per heavy atom. The van der Waals surface area contributed by atoms with Crippen molar-refractivity contribution in [1.29, 1.82) is 0 Å². The van der Waals surface area contributed by atoms with Crippen LogP contribution in [0.15, 0.2) is 34.5 Å². The van der Waals surface area contributed by atoms with Crippen LogP contribution in [0.25, 0.3) is 11.4 Å². The van der Waals surface area contributed by atoms with Crippen molar-refractivity contribution in [3.63, 3.8) is 0 Å². The first kappa shape index (κ1) is 20.4. The topological polar surface area (TPSA) is 37.2 Å². The fourth-order valence-electron chi connectivity index (χ4n) is 4.18. The molecule has 30 heavy (non-hydrogen) atoms. The second-order valence-corrected chi connectivity index (χ2v) is 10.7. The van der Waals surface area contributed by atoms with E-state index in [-0.39, 0.29) is 0 Å². The predicted molar refractivity (Wildman–Crippen MR) is 127 cm³/mol. The van der Waals surface area contributed by atoms with Gasteiger partial charge in [-0.25, -0.2) is 0 Å². The molecule has 4 heterocycles. The zero-order valence-corrected chi connectivity index (χ0v) is 19.6. The van der Waals surface area contributed by atoms with Crippen molar-refractivity contribution in [3.8, 4) is 11.4 Å². The molecular formula is C22H26ClN5S2. The molecule has 2 aliphatic rings. The highest BCUT2D eigenvalue weighted by atomic mass is 35.5. The van der Waals surface area contributed by atoms with E-state index in [1.807, 2.05) is 35.2 Å². The van der Waals surface area contributed by atoms with Gasteiger partial charge in [0, 0.05) is 72.6 Å². The van der Waals surface area contributed by atoms with Gasteiger partial charge in [0.15, 0.2) is 5.82 Å². The fraction of sp³-hybridized carbons (Fsp3) is 0.455. The minimum Gasteiger partial charge on any atom is -0.369 e. The van der Waals surface area contributed by atoms with E-state index < -0.39 is 0 Å². The Labute approximate surface area is 191 Å². The number of piperazine rings is 1. The molecule has 0 N–H and O–H groups in total. The highest BCUT2D eigenvalue weighted by Crippen LogP contribution is 2.40. The van der Waals surface area contributed by atoms with Crippen molar-refractivity contribution in [2.24, 2.45) is 0 Å². The molecule has 5 nitrogen and oxygen atoms in total. The number of thiophene rings is 1. The van der Waals surface area contributed by atoms with Gasteiger partial charge in [0.1, 0.15) is 5.82 Å². The number of benzene rings is 1. The average Bonchev–Trinajstić information content (AvgIpc) is 3.33. The lowest BCUT2D eigenvalue weighted by Crippen LogP contribution is -2.47. The van der Waals surface area contributed by atoms with Gasteiger partial charge in [0.05, 0.1) is 4.21 Å². The first-order valence-electron chi connectivity index (χ1n) is 10.6. The van der Waals surface area contributed by atoms with E-state index in [0.717, 1.165) is 74.5 Å². The van der Waals surface area contributed by atoms with E-state index in [0.29, 0.717) is 0 Å². The highest BCUT2D eigenvalue weighted by Gasteiger charge is 2.23. The Hall–Kier alpha value is -1.54. The number of aromatic nitrogens is 3. The van der Waals surface area contributed by atoms with E-state index in [9.17, 15) is 0 Å². The summed E-state index contributed by atoms with van der Waals surface area (Å²) in [5.74, 6) is 3.28. The molecule has 1 saturated heterocycles. The van der Waals surface area contributed by atoms with Gasteiger partial charge in [-0.3, -0.25) is 4.90 Å². The summed E-state index contributed by atoms with van der Waals surface area (Å²) >= 11 is 9.91. The van der Waals surface area contributed by atoms with Gasteiger partial charge in [-0.2, -0.15) is 0 Å². The normalized spacial score (nSPS) is 16.9. The summed E-state index contributed by atoms with van der Waals surface area (Å²) in [6.45, 7) is 8.51. The summed E-state index contributed by atoms with van der Waals surface area (Å²) in [7, 11) is 0. The zero-order chi connectivity index (χ0) is 20.5. The van der Waals surface area contributed by atoms with Crippen LogP contribution in [0.1, 0.15) is 17.6 Å². The van der Waals surface area contributed by atoms with Crippen LogP contribution in [0.4, 0.5) is 5.69 Å². The molecule has 2 aliphatic heterocycles. The molecule has 1 fully saturated rings. The summed E-state index contributed by atoms with van der Waals surface area (Å²) in [6.07, 6.45) is 2.04.